The molecule has 0 radical (unpaired) electrons. The van der Waals surface area contributed by atoms with Crippen LogP contribution in [0.5, 0.6) is 0 Å². The molecular formula is C16H32N2O2. The molecule has 0 bridgehead atoms. The molecule has 0 aromatic carbocycles. The number of nitrogens with one attached hydrogen (secondary N) is 2. The van der Waals surface area contributed by atoms with E-state index in [0.29, 0.717) is 19.0 Å². The lowest BCUT2D eigenvalue weighted by Crippen LogP contribution is -2.46. The first-order chi connectivity index (χ1) is 9.46. The Bertz CT molecular complexity index is 284. The summed E-state index contributed by atoms with van der Waals surface area (Å²) in [6, 6.07) is 0.277. The molecule has 2 amide bonds. The van der Waals surface area contributed by atoms with Gasteiger partial charge in [0.05, 0.1) is 0 Å². The first-order valence-electron chi connectivity index (χ1n) is 8.12. The summed E-state index contributed by atoms with van der Waals surface area (Å²) in [5, 5.41) is 15.0. The Kier molecular flexibility index (Phi) is 7.35. The molecule has 0 atom stereocenters. The molecule has 0 heterocycles. The van der Waals surface area contributed by atoms with Gasteiger partial charge in [-0.3, -0.25) is 0 Å². The lowest BCUT2D eigenvalue weighted by molar-refractivity contribution is 0.197. The predicted octanol–water partition coefficient (Wildman–Crippen LogP) is 3.05. The Morgan fingerprint density at radius 3 is 2.45 bits per heavy atom. The maximum absolute atomic E-state index is 11.9. The average molecular weight is 284 g/mol. The summed E-state index contributed by atoms with van der Waals surface area (Å²) in [7, 11) is 0. The Hall–Kier alpha value is -0.770. The van der Waals surface area contributed by atoms with Crippen LogP contribution in [0.4, 0.5) is 4.79 Å². The third kappa shape index (κ3) is 6.60. The summed E-state index contributed by atoms with van der Waals surface area (Å²) in [6.07, 6.45) is 8.01. The van der Waals surface area contributed by atoms with Gasteiger partial charge in [-0.25, -0.2) is 4.79 Å². The van der Waals surface area contributed by atoms with E-state index in [-0.39, 0.29) is 18.1 Å². The number of urea groups is 1. The van der Waals surface area contributed by atoms with E-state index in [1.807, 2.05) is 0 Å². The average Bonchev–Trinajstić information content (AvgIpc) is 2.39. The van der Waals surface area contributed by atoms with Crippen molar-refractivity contribution in [3.05, 3.63) is 0 Å². The van der Waals surface area contributed by atoms with Gasteiger partial charge in [-0.05, 0) is 43.4 Å². The Morgan fingerprint density at radius 1 is 1.25 bits per heavy atom. The molecule has 0 saturated heterocycles. The van der Waals surface area contributed by atoms with Crippen LogP contribution in [0.3, 0.4) is 0 Å². The highest BCUT2D eigenvalue weighted by atomic mass is 16.3. The van der Waals surface area contributed by atoms with Crippen molar-refractivity contribution < 1.29 is 9.90 Å². The third-order valence-corrected chi connectivity index (χ3v) is 4.39. The summed E-state index contributed by atoms with van der Waals surface area (Å²) < 4.78 is 0. The fourth-order valence-electron chi connectivity index (χ4n) is 2.95. The second-order valence-corrected chi connectivity index (χ2v) is 6.97. The molecule has 1 saturated carbocycles. The minimum atomic E-state index is -0.0602. The van der Waals surface area contributed by atoms with Crippen molar-refractivity contribution in [1.29, 1.82) is 0 Å². The van der Waals surface area contributed by atoms with E-state index in [1.54, 1.807) is 0 Å². The number of carbonyl (C=O) groups excluding carboxylic acids is 1. The van der Waals surface area contributed by atoms with E-state index < -0.39 is 0 Å². The van der Waals surface area contributed by atoms with Gasteiger partial charge in [0.2, 0.25) is 0 Å². The quantitative estimate of drug-likeness (QED) is 0.673. The lowest BCUT2D eigenvalue weighted by Gasteiger charge is -2.30. The zero-order valence-electron chi connectivity index (χ0n) is 13.4. The van der Waals surface area contributed by atoms with Gasteiger partial charge in [-0.1, -0.05) is 33.6 Å². The molecule has 20 heavy (non-hydrogen) atoms. The van der Waals surface area contributed by atoms with Crippen LogP contribution in [0.25, 0.3) is 0 Å². The molecule has 0 aliphatic heterocycles. The van der Waals surface area contributed by atoms with Gasteiger partial charge < -0.3 is 15.7 Å². The number of amides is 2. The van der Waals surface area contributed by atoms with Crippen LogP contribution in [0.1, 0.15) is 65.7 Å². The second-order valence-electron chi connectivity index (χ2n) is 6.97. The normalized spacial score (nSPS) is 23.4. The SMILES string of the molecule is CCCC1CCC(NC(=O)NCC(C)(C)CCO)CC1. The maximum Gasteiger partial charge on any atom is 0.315 e. The van der Waals surface area contributed by atoms with Crippen LogP contribution in [-0.4, -0.2) is 30.3 Å². The molecule has 0 aromatic heterocycles. The smallest absolute Gasteiger partial charge is 0.315 e. The molecular weight excluding hydrogens is 252 g/mol. The molecule has 1 rings (SSSR count). The predicted molar refractivity (Wildman–Crippen MR) is 82.7 cm³/mol. The number of aliphatic hydroxyl groups excluding tert-OH is 1. The van der Waals surface area contributed by atoms with Crippen LogP contribution in [0.15, 0.2) is 0 Å². The van der Waals surface area contributed by atoms with Crippen LogP contribution in [0.2, 0.25) is 0 Å². The van der Waals surface area contributed by atoms with Crippen molar-refractivity contribution >= 4 is 6.03 Å². The van der Waals surface area contributed by atoms with E-state index in [2.05, 4.69) is 31.4 Å². The standard InChI is InChI=1S/C16H32N2O2/c1-4-5-13-6-8-14(9-7-13)18-15(20)17-12-16(2,3)10-11-19/h13-14,19H,4-12H2,1-3H3,(H2,17,18,20). The van der Waals surface area contributed by atoms with E-state index in [1.165, 1.54) is 25.7 Å². The van der Waals surface area contributed by atoms with Crippen LogP contribution in [-0.2, 0) is 0 Å². The van der Waals surface area contributed by atoms with Gasteiger partial charge in [0.15, 0.2) is 0 Å². The van der Waals surface area contributed by atoms with E-state index in [0.717, 1.165) is 18.8 Å². The van der Waals surface area contributed by atoms with Gasteiger partial charge in [0.1, 0.15) is 0 Å². The van der Waals surface area contributed by atoms with Crippen molar-refractivity contribution in [3.8, 4) is 0 Å². The third-order valence-electron chi connectivity index (χ3n) is 4.39. The Balaban J connectivity index is 2.20. The van der Waals surface area contributed by atoms with E-state index in [4.69, 9.17) is 5.11 Å². The summed E-state index contributed by atoms with van der Waals surface area (Å²) >= 11 is 0. The summed E-state index contributed by atoms with van der Waals surface area (Å²) in [6.45, 7) is 7.12. The van der Waals surface area contributed by atoms with Gasteiger partial charge >= 0.3 is 6.03 Å². The highest BCUT2D eigenvalue weighted by molar-refractivity contribution is 5.74. The zero-order valence-corrected chi connectivity index (χ0v) is 13.4. The molecule has 0 unspecified atom stereocenters. The van der Waals surface area contributed by atoms with Crippen molar-refractivity contribution in [2.75, 3.05) is 13.2 Å². The topological polar surface area (TPSA) is 61.4 Å². The Labute approximate surface area is 123 Å². The van der Waals surface area contributed by atoms with Gasteiger partial charge in [0, 0.05) is 19.2 Å². The molecule has 0 aromatic rings. The van der Waals surface area contributed by atoms with E-state index in [9.17, 15) is 4.79 Å². The van der Waals surface area contributed by atoms with Crippen molar-refractivity contribution in [2.24, 2.45) is 11.3 Å². The van der Waals surface area contributed by atoms with Crippen molar-refractivity contribution in [1.82, 2.24) is 10.6 Å². The van der Waals surface area contributed by atoms with Crippen LogP contribution < -0.4 is 10.6 Å². The molecule has 1 fully saturated rings. The minimum absolute atomic E-state index is 0.0507. The summed E-state index contributed by atoms with van der Waals surface area (Å²) in [4.78, 5) is 11.9. The summed E-state index contributed by atoms with van der Waals surface area (Å²) in [5.74, 6) is 0.865. The number of hydrogen-bond acceptors (Lipinski definition) is 2. The van der Waals surface area contributed by atoms with E-state index >= 15 is 0 Å². The van der Waals surface area contributed by atoms with Gasteiger partial charge in [-0.2, -0.15) is 0 Å². The lowest BCUT2D eigenvalue weighted by atomic mass is 9.83. The number of rotatable bonds is 7. The largest absolute Gasteiger partial charge is 0.396 e. The molecule has 1 aliphatic carbocycles. The maximum atomic E-state index is 11.9. The summed E-state index contributed by atoms with van der Waals surface area (Å²) in [5.41, 5.74) is -0.0507. The number of aliphatic hydroxyl groups is 1. The Morgan fingerprint density at radius 2 is 1.90 bits per heavy atom. The molecule has 118 valence electrons. The monoisotopic (exact) mass is 284 g/mol. The molecule has 4 nitrogen and oxygen atoms in total. The van der Waals surface area contributed by atoms with Crippen molar-refractivity contribution in [2.45, 2.75) is 71.8 Å². The van der Waals surface area contributed by atoms with Gasteiger partial charge in [-0.15, -0.1) is 0 Å². The first-order valence-corrected chi connectivity index (χ1v) is 8.12. The van der Waals surface area contributed by atoms with Crippen LogP contribution in [0, 0.1) is 11.3 Å². The fourth-order valence-corrected chi connectivity index (χ4v) is 2.95. The van der Waals surface area contributed by atoms with Crippen LogP contribution >= 0.6 is 0 Å². The molecule has 1 aliphatic rings. The molecule has 3 N–H and O–H groups in total. The van der Waals surface area contributed by atoms with Crippen molar-refractivity contribution in [3.63, 3.8) is 0 Å². The highest BCUT2D eigenvalue weighted by Gasteiger charge is 2.23. The fraction of sp³-hybridized carbons (Fsp3) is 0.938. The number of hydrogen-bond donors (Lipinski definition) is 3. The van der Waals surface area contributed by atoms with Gasteiger partial charge in [0.25, 0.3) is 0 Å². The molecule has 4 heteroatoms. The first kappa shape index (κ1) is 17.3. The number of carbonyl (C=O) groups is 1. The second kappa shape index (κ2) is 8.50. The minimum Gasteiger partial charge on any atom is -0.396 e. The molecule has 0 spiro atoms. The highest BCUT2D eigenvalue weighted by Crippen LogP contribution is 2.27. The zero-order chi connectivity index (χ0) is 15.0.